The van der Waals surface area contributed by atoms with Gasteiger partial charge in [0.15, 0.2) is 0 Å². The first-order chi connectivity index (χ1) is 13.8. The highest BCUT2D eigenvalue weighted by Gasteiger charge is 2.53. The van der Waals surface area contributed by atoms with Crippen LogP contribution in [0, 0.1) is 23.2 Å². The van der Waals surface area contributed by atoms with Crippen LogP contribution in [0.4, 0.5) is 0 Å². The van der Waals surface area contributed by atoms with E-state index in [1.54, 1.807) is 0 Å². The van der Waals surface area contributed by atoms with Crippen molar-refractivity contribution in [1.82, 2.24) is 10.6 Å². The van der Waals surface area contributed by atoms with E-state index in [4.69, 9.17) is 0 Å². The van der Waals surface area contributed by atoms with E-state index in [0.29, 0.717) is 16.7 Å². The van der Waals surface area contributed by atoms with Gasteiger partial charge in [0.05, 0.1) is 11.3 Å². The summed E-state index contributed by atoms with van der Waals surface area (Å²) in [6.07, 6.45) is 8.10. The topological polar surface area (TPSA) is 58.2 Å². The standard InChI is InChI=1S/C24H34N2O2S/c1-15(2)25-22(27)14-29-21-7-5-4-6-20(21)23(28)26-16(3)24-11-17-8-18(12-24)10-19(9-17)13-24/h4-7,15-19H,8-14H2,1-3H3,(H,25,27)(H,26,28)/t16-,17?,18?,19?,24?/m1/s1. The number of nitrogens with one attached hydrogen (secondary N) is 2. The zero-order chi connectivity index (χ0) is 20.6. The molecular formula is C24H34N2O2S. The van der Waals surface area contributed by atoms with Crippen molar-refractivity contribution in [3.8, 4) is 0 Å². The van der Waals surface area contributed by atoms with Crippen LogP contribution in [0.5, 0.6) is 0 Å². The molecule has 158 valence electrons. The number of hydrogen-bond acceptors (Lipinski definition) is 3. The summed E-state index contributed by atoms with van der Waals surface area (Å²) < 4.78 is 0. The molecule has 0 aromatic heterocycles. The number of carbonyl (C=O) groups excluding carboxylic acids is 2. The molecule has 0 saturated heterocycles. The third-order valence-electron chi connectivity index (χ3n) is 7.29. The molecule has 4 aliphatic carbocycles. The largest absolute Gasteiger partial charge is 0.353 e. The maximum absolute atomic E-state index is 13.2. The van der Waals surface area contributed by atoms with Gasteiger partial charge in [0.2, 0.25) is 5.91 Å². The van der Waals surface area contributed by atoms with Crippen molar-refractivity contribution >= 4 is 23.6 Å². The number of amides is 2. The first-order valence-electron chi connectivity index (χ1n) is 11.2. The minimum absolute atomic E-state index is 0.000568. The van der Waals surface area contributed by atoms with Crippen molar-refractivity contribution in [2.24, 2.45) is 23.2 Å². The van der Waals surface area contributed by atoms with Crippen molar-refractivity contribution in [1.29, 1.82) is 0 Å². The predicted octanol–water partition coefficient (Wildman–Crippen LogP) is 4.64. The number of rotatable bonds is 7. The molecule has 0 unspecified atom stereocenters. The van der Waals surface area contributed by atoms with E-state index in [0.717, 1.165) is 22.6 Å². The van der Waals surface area contributed by atoms with Gasteiger partial charge in [0.25, 0.3) is 5.91 Å². The zero-order valence-corrected chi connectivity index (χ0v) is 18.7. The number of thioether (sulfide) groups is 1. The Kier molecular flexibility index (Phi) is 5.97. The minimum atomic E-state index is 0.000568. The molecule has 4 aliphatic rings. The molecule has 1 atom stereocenters. The third-order valence-corrected chi connectivity index (χ3v) is 8.37. The molecule has 4 fully saturated rings. The molecule has 2 N–H and O–H groups in total. The van der Waals surface area contributed by atoms with Crippen LogP contribution in [0.3, 0.4) is 0 Å². The second-order valence-corrected chi connectivity index (χ2v) is 11.0. The highest BCUT2D eigenvalue weighted by atomic mass is 32.2. The summed E-state index contributed by atoms with van der Waals surface area (Å²) in [7, 11) is 0. The van der Waals surface area contributed by atoms with Crippen LogP contribution in [-0.2, 0) is 4.79 Å². The van der Waals surface area contributed by atoms with Crippen LogP contribution in [0.1, 0.15) is 69.7 Å². The quantitative estimate of drug-likeness (QED) is 0.639. The Labute approximate surface area is 179 Å². The van der Waals surface area contributed by atoms with Crippen LogP contribution in [0.25, 0.3) is 0 Å². The molecule has 0 heterocycles. The van der Waals surface area contributed by atoms with E-state index in [2.05, 4.69) is 17.6 Å². The first kappa shape index (κ1) is 20.8. The molecule has 29 heavy (non-hydrogen) atoms. The van der Waals surface area contributed by atoms with Crippen molar-refractivity contribution in [3.63, 3.8) is 0 Å². The lowest BCUT2D eigenvalue weighted by Crippen LogP contribution is -2.55. The molecule has 0 aliphatic heterocycles. The zero-order valence-electron chi connectivity index (χ0n) is 17.9. The SMILES string of the molecule is CC(C)NC(=O)CSc1ccccc1C(=O)N[C@H](C)C12CC3CC(CC(C3)C1)C2. The van der Waals surface area contributed by atoms with E-state index in [1.165, 1.54) is 50.3 Å². The Morgan fingerprint density at radius 1 is 1.00 bits per heavy atom. The van der Waals surface area contributed by atoms with E-state index >= 15 is 0 Å². The van der Waals surface area contributed by atoms with Gasteiger partial charge in [0.1, 0.15) is 0 Å². The summed E-state index contributed by atoms with van der Waals surface area (Å²) in [5, 5.41) is 6.27. The normalized spacial score (nSPS) is 31.0. The van der Waals surface area contributed by atoms with Gasteiger partial charge < -0.3 is 10.6 Å². The lowest BCUT2D eigenvalue weighted by molar-refractivity contribution is -0.119. The maximum Gasteiger partial charge on any atom is 0.252 e. The van der Waals surface area contributed by atoms with E-state index < -0.39 is 0 Å². The average Bonchev–Trinajstić information content (AvgIpc) is 2.65. The van der Waals surface area contributed by atoms with E-state index in [9.17, 15) is 9.59 Å². The molecule has 0 spiro atoms. The minimum Gasteiger partial charge on any atom is -0.353 e. The van der Waals surface area contributed by atoms with Crippen LogP contribution >= 0.6 is 11.8 Å². The molecule has 1 aromatic carbocycles. The van der Waals surface area contributed by atoms with Crippen molar-refractivity contribution < 1.29 is 9.59 Å². The fourth-order valence-electron chi connectivity index (χ4n) is 6.42. The van der Waals surface area contributed by atoms with Gasteiger partial charge in [-0.15, -0.1) is 11.8 Å². The summed E-state index contributed by atoms with van der Waals surface area (Å²) in [5.41, 5.74) is 0.982. The van der Waals surface area contributed by atoms with Crippen LogP contribution in [0.15, 0.2) is 29.2 Å². The lowest BCUT2D eigenvalue weighted by Gasteiger charge is -2.59. The van der Waals surface area contributed by atoms with Gasteiger partial charge in [-0.2, -0.15) is 0 Å². The second-order valence-electron chi connectivity index (χ2n) is 9.98. The molecule has 1 aromatic rings. The fraction of sp³-hybridized carbons (Fsp3) is 0.667. The smallest absolute Gasteiger partial charge is 0.252 e. The molecular weight excluding hydrogens is 380 g/mol. The monoisotopic (exact) mass is 414 g/mol. The maximum atomic E-state index is 13.2. The predicted molar refractivity (Wildman–Crippen MR) is 118 cm³/mol. The van der Waals surface area contributed by atoms with Crippen molar-refractivity contribution in [2.45, 2.75) is 76.3 Å². The molecule has 4 bridgehead atoms. The Bertz CT molecular complexity index is 741. The van der Waals surface area contributed by atoms with Crippen LogP contribution in [0.2, 0.25) is 0 Å². The molecule has 5 heteroatoms. The highest BCUT2D eigenvalue weighted by Crippen LogP contribution is 2.61. The van der Waals surface area contributed by atoms with Gasteiger partial charge in [-0.25, -0.2) is 0 Å². The summed E-state index contributed by atoms with van der Waals surface area (Å²) in [4.78, 5) is 26.1. The highest BCUT2D eigenvalue weighted by molar-refractivity contribution is 8.00. The van der Waals surface area contributed by atoms with Crippen molar-refractivity contribution in [2.75, 3.05) is 5.75 Å². The van der Waals surface area contributed by atoms with Crippen LogP contribution < -0.4 is 10.6 Å². The summed E-state index contributed by atoms with van der Waals surface area (Å²) in [6.45, 7) is 6.13. The molecule has 0 radical (unpaired) electrons. The molecule has 4 nitrogen and oxygen atoms in total. The fourth-order valence-corrected chi connectivity index (χ4v) is 7.28. The Balaban J connectivity index is 1.42. The van der Waals surface area contributed by atoms with E-state index in [-0.39, 0.29) is 23.9 Å². The molecule has 5 rings (SSSR count). The van der Waals surface area contributed by atoms with Gasteiger partial charge in [-0.1, -0.05) is 12.1 Å². The van der Waals surface area contributed by atoms with Gasteiger partial charge in [-0.3, -0.25) is 9.59 Å². The third kappa shape index (κ3) is 4.50. The average molecular weight is 415 g/mol. The summed E-state index contributed by atoms with van der Waals surface area (Å²) in [5.74, 6) is 2.96. The lowest BCUT2D eigenvalue weighted by atomic mass is 9.48. The number of benzene rings is 1. The Morgan fingerprint density at radius 2 is 1.59 bits per heavy atom. The number of hydrogen-bond donors (Lipinski definition) is 2. The summed E-state index contributed by atoms with van der Waals surface area (Å²) >= 11 is 1.44. The number of carbonyl (C=O) groups is 2. The second kappa shape index (κ2) is 8.33. The van der Waals surface area contributed by atoms with Gasteiger partial charge in [0, 0.05) is 17.0 Å². The Morgan fingerprint density at radius 3 is 2.17 bits per heavy atom. The molecule has 2 amide bonds. The molecule has 4 saturated carbocycles. The van der Waals surface area contributed by atoms with Crippen molar-refractivity contribution in [3.05, 3.63) is 29.8 Å². The summed E-state index contributed by atoms with van der Waals surface area (Å²) in [6, 6.07) is 7.99. The van der Waals surface area contributed by atoms with Gasteiger partial charge in [-0.05, 0) is 94.6 Å². The van der Waals surface area contributed by atoms with E-state index in [1.807, 2.05) is 38.1 Å². The van der Waals surface area contributed by atoms with Gasteiger partial charge >= 0.3 is 0 Å². The van der Waals surface area contributed by atoms with Crippen LogP contribution in [-0.4, -0.2) is 29.7 Å². The Hall–Kier alpha value is -1.49. The first-order valence-corrected chi connectivity index (χ1v) is 12.2.